The van der Waals surface area contributed by atoms with Crippen molar-refractivity contribution in [3.8, 4) is 0 Å². The summed E-state index contributed by atoms with van der Waals surface area (Å²) in [5, 5.41) is 8.68. The van der Waals surface area contributed by atoms with Crippen molar-refractivity contribution in [1.82, 2.24) is 15.1 Å². The average molecular weight is 219 g/mol. The summed E-state index contributed by atoms with van der Waals surface area (Å²) in [6.07, 6.45) is 1.08. The lowest BCUT2D eigenvalue weighted by atomic mass is 10.3. The van der Waals surface area contributed by atoms with Gasteiger partial charge in [-0.1, -0.05) is 11.3 Å². The summed E-state index contributed by atoms with van der Waals surface area (Å²) >= 11 is 7.11. The number of halogens is 1. The summed E-state index contributed by atoms with van der Waals surface area (Å²) in [5.74, 6) is 0. The van der Waals surface area contributed by atoms with Gasteiger partial charge in [0.1, 0.15) is 5.01 Å². The second-order valence-electron chi connectivity index (χ2n) is 3.23. The Morgan fingerprint density at radius 3 is 3.00 bits per heavy atom. The van der Waals surface area contributed by atoms with Gasteiger partial charge in [-0.15, -0.1) is 10.2 Å². The molecule has 4 nitrogen and oxygen atoms in total. The summed E-state index contributed by atoms with van der Waals surface area (Å²) < 4.78 is 0.512. The molecule has 1 aliphatic rings. The van der Waals surface area contributed by atoms with Crippen molar-refractivity contribution in [3.05, 3.63) is 9.47 Å². The molecule has 0 bridgehead atoms. The van der Waals surface area contributed by atoms with Gasteiger partial charge in [0.15, 0.2) is 0 Å². The maximum absolute atomic E-state index is 5.78. The molecular formula is C7H11ClN4S. The summed E-state index contributed by atoms with van der Waals surface area (Å²) in [7, 11) is 0. The maximum Gasteiger partial charge on any atom is 0.207 e. The second-order valence-corrected chi connectivity index (χ2v) is 4.88. The van der Waals surface area contributed by atoms with Crippen molar-refractivity contribution in [2.24, 2.45) is 5.73 Å². The molecule has 0 aromatic carbocycles. The van der Waals surface area contributed by atoms with Gasteiger partial charge in [-0.25, -0.2) is 0 Å². The number of nitrogens with two attached hydrogens (primary N) is 1. The number of rotatable bonds is 2. The number of nitrogens with zero attached hydrogens (tertiary/aromatic N) is 3. The molecule has 72 valence electrons. The molecule has 1 saturated heterocycles. The average Bonchev–Trinajstić information content (AvgIpc) is 2.62. The quantitative estimate of drug-likeness (QED) is 0.795. The third kappa shape index (κ3) is 2.37. The standard InChI is InChI=1S/C7H11ClN4S/c8-7-11-10-6(13-7)4-12-2-1-5(9)3-12/h5H,1-4,9H2/t5-/m1/s1. The highest BCUT2D eigenvalue weighted by molar-refractivity contribution is 7.15. The minimum Gasteiger partial charge on any atom is -0.326 e. The second kappa shape index (κ2) is 3.88. The van der Waals surface area contributed by atoms with Crippen LogP contribution in [0.25, 0.3) is 0 Å². The Morgan fingerprint density at radius 1 is 1.62 bits per heavy atom. The van der Waals surface area contributed by atoms with E-state index in [1.54, 1.807) is 0 Å². The Labute approximate surface area is 85.7 Å². The molecule has 6 heteroatoms. The van der Waals surface area contributed by atoms with E-state index in [1.807, 2.05) is 0 Å². The third-order valence-electron chi connectivity index (χ3n) is 2.11. The molecule has 2 rings (SSSR count). The highest BCUT2D eigenvalue weighted by atomic mass is 35.5. The van der Waals surface area contributed by atoms with Crippen LogP contribution in [0, 0.1) is 0 Å². The van der Waals surface area contributed by atoms with Crippen LogP contribution in [0.4, 0.5) is 0 Å². The molecule has 2 N–H and O–H groups in total. The van der Waals surface area contributed by atoms with E-state index in [4.69, 9.17) is 17.3 Å². The Hall–Kier alpha value is -0.230. The Morgan fingerprint density at radius 2 is 2.46 bits per heavy atom. The van der Waals surface area contributed by atoms with Crippen molar-refractivity contribution in [1.29, 1.82) is 0 Å². The van der Waals surface area contributed by atoms with E-state index in [9.17, 15) is 0 Å². The molecule has 0 radical (unpaired) electrons. The zero-order valence-corrected chi connectivity index (χ0v) is 8.68. The zero-order valence-electron chi connectivity index (χ0n) is 7.11. The number of hydrogen-bond donors (Lipinski definition) is 1. The van der Waals surface area contributed by atoms with E-state index < -0.39 is 0 Å². The fourth-order valence-corrected chi connectivity index (χ4v) is 2.40. The van der Waals surface area contributed by atoms with Crippen LogP contribution in [0.5, 0.6) is 0 Å². The van der Waals surface area contributed by atoms with Crippen LogP contribution >= 0.6 is 22.9 Å². The van der Waals surface area contributed by atoms with Gasteiger partial charge < -0.3 is 5.73 Å². The first-order valence-corrected chi connectivity index (χ1v) is 5.39. The molecule has 1 aliphatic heterocycles. The van der Waals surface area contributed by atoms with E-state index >= 15 is 0 Å². The fourth-order valence-electron chi connectivity index (χ4n) is 1.49. The van der Waals surface area contributed by atoms with Crippen LogP contribution in [-0.2, 0) is 6.54 Å². The molecule has 2 heterocycles. The SMILES string of the molecule is N[C@@H]1CCN(Cc2nnc(Cl)s2)C1. The predicted molar refractivity (Wildman–Crippen MR) is 52.8 cm³/mol. The number of likely N-dealkylation sites (tertiary alicyclic amines) is 1. The van der Waals surface area contributed by atoms with Gasteiger partial charge in [-0.05, 0) is 18.0 Å². The molecule has 0 saturated carbocycles. The van der Waals surface area contributed by atoms with E-state index in [0.29, 0.717) is 10.5 Å². The van der Waals surface area contributed by atoms with Crippen molar-refractivity contribution in [2.45, 2.75) is 19.0 Å². The van der Waals surface area contributed by atoms with Crippen LogP contribution in [0.15, 0.2) is 0 Å². The number of hydrogen-bond acceptors (Lipinski definition) is 5. The van der Waals surface area contributed by atoms with Crippen LogP contribution in [-0.4, -0.2) is 34.2 Å². The number of aromatic nitrogens is 2. The largest absolute Gasteiger partial charge is 0.326 e. The molecule has 1 aromatic rings. The van der Waals surface area contributed by atoms with Crippen molar-refractivity contribution in [3.63, 3.8) is 0 Å². The van der Waals surface area contributed by atoms with Gasteiger partial charge in [0.25, 0.3) is 0 Å². The molecule has 1 fully saturated rings. The fraction of sp³-hybridized carbons (Fsp3) is 0.714. The summed E-state index contributed by atoms with van der Waals surface area (Å²) in [4.78, 5) is 2.28. The first kappa shape index (κ1) is 9.33. The van der Waals surface area contributed by atoms with Gasteiger partial charge >= 0.3 is 0 Å². The van der Waals surface area contributed by atoms with Gasteiger partial charge in [0, 0.05) is 19.1 Å². The van der Waals surface area contributed by atoms with E-state index in [0.717, 1.165) is 31.1 Å². The van der Waals surface area contributed by atoms with Crippen LogP contribution in [0.2, 0.25) is 4.47 Å². The minimum absolute atomic E-state index is 0.323. The Kier molecular flexibility index (Phi) is 2.78. The normalized spacial score (nSPS) is 24.0. The van der Waals surface area contributed by atoms with Crippen molar-refractivity contribution in [2.75, 3.05) is 13.1 Å². The summed E-state index contributed by atoms with van der Waals surface area (Å²) in [5.41, 5.74) is 5.78. The summed E-state index contributed by atoms with van der Waals surface area (Å²) in [6, 6.07) is 0.323. The monoisotopic (exact) mass is 218 g/mol. The van der Waals surface area contributed by atoms with Crippen molar-refractivity contribution >= 4 is 22.9 Å². The lowest BCUT2D eigenvalue weighted by Crippen LogP contribution is -2.26. The first-order valence-electron chi connectivity index (χ1n) is 4.20. The smallest absolute Gasteiger partial charge is 0.207 e. The van der Waals surface area contributed by atoms with Gasteiger partial charge in [0.2, 0.25) is 4.47 Å². The van der Waals surface area contributed by atoms with E-state index in [1.165, 1.54) is 11.3 Å². The van der Waals surface area contributed by atoms with Crippen LogP contribution in [0.1, 0.15) is 11.4 Å². The lowest BCUT2D eigenvalue weighted by Gasteiger charge is -2.11. The predicted octanol–water partition coefficient (Wildman–Crippen LogP) is 0.724. The first-order chi connectivity index (χ1) is 6.24. The topological polar surface area (TPSA) is 55.0 Å². The van der Waals surface area contributed by atoms with E-state index in [2.05, 4.69) is 15.1 Å². The molecule has 0 spiro atoms. The Balaban J connectivity index is 1.91. The molecule has 0 aliphatic carbocycles. The van der Waals surface area contributed by atoms with Gasteiger partial charge in [-0.3, -0.25) is 4.90 Å². The third-order valence-corrected chi connectivity index (χ3v) is 3.11. The van der Waals surface area contributed by atoms with E-state index in [-0.39, 0.29) is 0 Å². The van der Waals surface area contributed by atoms with Gasteiger partial charge in [-0.2, -0.15) is 0 Å². The molecule has 1 atom stereocenters. The maximum atomic E-state index is 5.78. The zero-order chi connectivity index (χ0) is 9.26. The molecule has 0 unspecified atom stereocenters. The highest BCUT2D eigenvalue weighted by Crippen LogP contribution is 2.18. The highest BCUT2D eigenvalue weighted by Gasteiger charge is 2.19. The molecule has 1 aromatic heterocycles. The van der Waals surface area contributed by atoms with Crippen molar-refractivity contribution < 1.29 is 0 Å². The van der Waals surface area contributed by atoms with Crippen LogP contribution in [0.3, 0.4) is 0 Å². The lowest BCUT2D eigenvalue weighted by molar-refractivity contribution is 0.325. The summed E-state index contributed by atoms with van der Waals surface area (Å²) in [6.45, 7) is 2.84. The molecule has 0 amide bonds. The van der Waals surface area contributed by atoms with Gasteiger partial charge in [0.05, 0.1) is 6.54 Å². The minimum atomic E-state index is 0.323. The molecular weight excluding hydrogens is 208 g/mol. The van der Waals surface area contributed by atoms with Crippen LogP contribution < -0.4 is 5.73 Å². The molecule has 13 heavy (non-hydrogen) atoms. The Bertz CT molecular complexity index is 290.